The van der Waals surface area contributed by atoms with Crippen LogP contribution in [0, 0.1) is 17.2 Å². The van der Waals surface area contributed by atoms with E-state index in [1.807, 2.05) is 0 Å². The topological polar surface area (TPSA) is 112 Å². The van der Waals surface area contributed by atoms with Crippen molar-refractivity contribution in [1.82, 2.24) is 15.1 Å². The summed E-state index contributed by atoms with van der Waals surface area (Å²) >= 11 is 1.59. The molecular weight excluding hydrogens is 484 g/mol. The summed E-state index contributed by atoms with van der Waals surface area (Å²) in [6, 6.07) is 2.69. The summed E-state index contributed by atoms with van der Waals surface area (Å²) in [6.07, 6.45) is 1.49. The molecule has 3 aliphatic heterocycles. The van der Waals surface area contributed by atoms with Gasteiger partial charge in [0, 0.05) is 33.3 Å². The molecule has 0 unspecified atom stereocenters. The number of rotatable bonds is 6. The molecule has 9 nitrogen and oxygen atoms in total. The van der Waals surface area contributed by atoms with E-state index in [0.29, 0.717) is 38.3 Å². The second-order valence-electron chi connectivity index (χ2n) is 12.1. The minimum atomic E-state index is -1.26. The molecule has 0 aromatic rings. The van der Waals surface area contributed by atoms with Crippen LogP contribution >= 0.6 is 11.8 Å². The van der Waals surface area contributed by atoms with Crippen LogP contribution in [-0.4, -0.2) is 84.0 Å². The summed E-state index contributed by atoms with van der Waals surface area (Å²) in [4.78, 5) is 42.3. The number of hydrogen-bond donors (Lipinski definition) is 1. The van der Waals surface area contributed by atoms with Crippen molar-refractivity contribution in [2.45, 2.75) is 94.7 Å². The maximum Gasteiger partial charge on any atom is 0.409 e. The number of nitriles is 1. The third kappa shape index (κ3) is 7.06. The summed E-state index contributed by atoms with van der Waals surface area (Å²) < 4.78 is 11.0. The van der Waals surface area contributed by atoms with Crippen LogP contribution in [0.2, 0.25) is 25.7 Å². The Labute approximate surface area is 214 Å². The molecule has 0 aromatic heterocycles. The molecule has 35 heavy (non-hydrogen) atoms. The zero-order valence-corrected chi connectivity index (χ0v) is 23.7. The van der Waals surface area contributed by atoms with E-state index >= 15 is 0 Å². The Hall–Kier alpha value is -1.93. The molecule has 0 aromatic carbocycles. The fraction of sp³-hybridized carbons (Fsp3) is 0.833. The van der Waals surface area contributed by atoms with Crippen LogP contribution in [0.5, 0.6) is 0 Å². The fourth-order valence-corrected chi connectivity index (χ4v) is 7.06. The van der Waals surface area contributed by atoms with Crippen LogP contribution in [0.1, 0.15) is 46.5 Å². The van der Waals surface area contributed by atoms with Crippen molar-refractivity contribution < 1.29 is 23.9 Å². The summed E-state index contributed by atoms with van der Waals surface area (Å²) in [5, 5.41) is 12.3. The molecule has 0 spiro atoms. The lowest BCUT2D eigenvalue weighted by molar-refractivity contribution is -0.134. The van der Waals surface area contributed by atoms with Gasteiger partial charge in [0.05, 0.1) is 18.0 Å². The van der Waals surface area contributed by atoms with Crippen LogP contribution in [0.4, 0.5) is 9.59 Å². The lowest BCUT2D eigenvalue weighted by atomic mass is 9.81. The van der Waals surface area contributed by atoms with Crippen LogP contribution in [-0.2, 0) is 14.3 Å². The van der Waals surface area contributed by atoms with Gasteiger partial charge in [-0.05, 0) is 52.0 Å². The Kier molecular flexibility index (Phi) is 8.36. The summed E-state index contributed by atoms with van der Waals surface area (Å²) in [6.45, 7) is 13.7. The largest absolute Gasteiger partial charge is 0.450 e. The van der Waals surface area contributed by atoms with Gasteiger partial charge in [0.2, 0.25) is 0 Å². The molecule has 196 valence electrons. The van der Waals surface area contributed by atoms with Crippen LogP contribution < -0.4 is 5.32 Å². The summed E-state index contributed by atoms with van der Waals surface area (Å²) in [5.74, 6) is 0.553. The molecule has 3 aliphatic rings. The number of thioether (sulfide) groups is 1. The van der Waals surface area contributed by atoms with E-state index in [1.54, 1.807) is 42.3 Å². The van der Waals surface area contributed by atoms with Gasteiger partial charge < -0.3 is 24.6 Å². The van der Waals surface area contributed by atoms with Crippen molar-refractivity contribution in [2.24, 2.45) is 5.92 Å². The maximum atomic E-state index is 13.6. The first kappa shape index (κ1) is 27.7. The Morgan fingerprint density at radius 3 is 2.49 bits per heavy atom. The average Bonchev–Trinajstić information content (AvgIpc) is 3.23. The number of amides is 3. The second kappa shape index (κ2) is 10.6. The second-order valence-corrected chi connectivity index (χ2v) is 19.0. The van der Waals surface area contributed by atoms with Crippen molar-refractivity contribution in [3.05, 3.63) is 0 Å². The number of piperidine rings is 1. The Morgan fingerprint density at radius 1 is 1.26 bits per heavy atom. The normalized spacial score (nSPS) is 27.4. The molecule has 3 amide bonds. The van der Waals surface area contributed by atoms with E-state index in [2.05, 4.69) is 31.0 Å². The molecule has 0 radical (unpaired) electrons. The first-order valence-corrected chi connectivity index (χ1v) is 17.3. The zero-order chi connectivity index (χ0) is 26.0. The van der Waals surface area contributed by atoms with Gasteiger partial charge >= 0.3 is 12.2 Å². The highest BCUT2D eigenvalue weighted by atomic mass is 32.2. The van der Waals surface area contributed by atoms with Gasteiger partial charge in [-0.1, -0.05) is 19.6 Å². The summed E-state index contributed by atoms with van der Waals surface area (Å²) in [5.41, 5.74) is -1.78. The van der Waals surface area contributed by atoms with Gasteiger partial charge in [-0.15, -0.1) is 11.8 Å². The quantitative estimate of drug-likeness (QED) is 0.522. The minimum Gasteiger partial charge on any atom is -0.450 e. The lowest BCUT2D eigenvalue weighted by Crippen LogP contribution is -2.57. The molecule has 3 atom stereocenters. The number of nitrogens with one attached hydrogen (secondary N) is 1. The number of carbonyl (C=O) groups excluding carboxylic acids is 3. The van der Waals surface area contributed by atoms with Crippen molar-refractivity contribution in [3.8, 4) is 6.07 Å². The number of likely N-dealkylation sites (tertiary alicyclic amines) is 1. The highest BCUT2D eigenvalue weighted by molar-refractivity contribution is 8.00. The number of carbonyl (C=O) groups is 3. The number of ether oxygens (including phenoxy) is 2. The van der Waals surface area contributed by atoms with Crippen LogP contribution in [0.25, 0.3) is 0 Å². The van der Waals surface area contributed by atoms with Gasteiger partial charge in [0.1, 0.15) is 17.2 Å². The molecule has 0 saturated carbocycles. The van der Waals surface area contributed by atoms with E-state index in [4.69, 9.17) is 9.47 Å². The van der Waals surface area contributed by atoms with Gasteiger partial charge in [-0.25, -0.2) is 9.59 Å². The Morgan fingerprint density at radius 2 is 1.91 bits per heavy atom. The number of hydrogen-bond acceptors (Lipinski definition) is 7. The molecule has 3 rings (SSSR count). The molecule has 3 saturated heterocycles. The third-order valence-corrected chi connectivity index (χ3v) is 9.73. The SMILES string of the molecule is CC(C)(C)OC(=O)N[C@]1(CC2CCN(C(=O)OCC[Si](C)(C)C)CC2)C[C@@H]2SC[C@@H](C#N)N2C1=O. The van der Waals surface area contributed by atoms with Gasteiger partial charge in [-0.2, -0.15) is 5.26 Å². The van der Waals surface area contributed by atoms with Crippen molar-refractivity contribution in [3.63, 3.8) is 0 Å². The maximum absolute atomic E-state index is 13.6. The summed E-state index contributed by atoms with van der Waals surface area (Å²) in [7, 11) is -1.26. The molecule has 0 aliphatic carbocycles. The van der Waals surface area contributed by atoms with Crippen molar-refractivity contribution in [1.29, 1.82) is 5.26 Å². The number of fused-ring (bicyclic) bond motifs is 1. The molecule has 0 bridgehead atoms. The van der Waals surface area contributed by atoms with Crippen LogP contribution in [0.15, 0.2) is 0 Å². The van der Waals surface area contributed by atoms with Crippen molar-refractivity contribution >= 4 is 37.9 Å². The molecule has 1 N–H and O–H groups in total. The van der Waals surface area contributed by atoms with Gasteiger partial charge in [0.25, 0.3) is 5.91 Å². The van der Waals surface area contributed by atoms with E-state index in [-0.39, 0.29) is 23.3 Å². The number of alkyl carbamates (subject to hydrolysis) is 1. The zero-order valence-electron chi connectivity index (χ0n) is 21.9. The van der Waals surface area contributed by atoms with E-state index in [1.165, 1.54) is 0 Å². The van der Waals surface area contributed by atoms with E-state index in [0.717, 1.165) is 18.9 Å². The third-order valence-electron chi connectivity index (χ3n) is 6.74. The molecular formula is C24H40N4O5SSi. The fourth-order valence-electron chi connectivity index (χ4n) is 4.90. The van der Waals surface area contributed by atoms with E-state index < -0.39 is 31.3 Å². The predicted molar refractivity (Wildman–Crippen MR) is 138 cm³/mol. The lowest BCUT2D eigenvalue weighted by Gasteiger charge is -2.37. The first-order chi connectivity index (χ1) is 16.2. The molecule has 11 heteroatoms. The Bertz CT molecular complexity index is 859. The van der Waals surface area contributed by atoms with Crippen LogP contribution in [0.3, 0.4) is 0 Å². The molecule has 3 heterocycles. The van der Waals surface area contributed by atoms with E-state index in [9.17, 15) is 19.6 Å². The minimum absolute atomic E-state index is 0.122. The highest BCUT2D eigenvalue weighted by Gasteiger charge is 2.58. The number of nitrogens with zero attached hydrogens (tertiary/aromatic N) is 3. The highest BCUT2D eigenvalue weighted by Crippen LogP contribution is 2.45. The average molecular weight is 525 g/mol. The van der Waals surface area contributed by atoms with Gasteiger partial charge in [-0.3, -0.25) is 4.79 Å². The predicted octanol–water partition coefficient (Wildman–Crippen LogP) is 4.02. The first-order valence-electron chi connectivity index (χ1n) is 12.5. The monoisotopic (exact) mass is 524 g/mol. The molecule has 3 fully saturated rings. The van der Waals surface area contributed by atoms with Crippen molar-refractivity contribution in [2.75, 3.05) is 25.4 Å². The standard InChI is InChI=1S/C24H40N4O5SSi/c1-23(2,3)33-21(30)26-24(14-19-28(20(24)29)18(15-25)16-34-19)13-17-7-9-27(10-8-17)22(31)32-11-12-35(4,5)6/h17-19H,7-14,16H2,1-6H3,(H,26,30)/t18-,19+,24-/m1/s1. The van der Waals surface area contributed by atoms with Gasteiger partial charge in [0.15, 0.2) is 0 Å². The smallest absolute Gasteiger partial charge is 0.409 e. The Balaban J connectivity index is 1.64.